The molecule has 2 rings (SSSR count). The Bertz CT molecular complexity index is 887. The molecule has 0 aliphatic carbocycles. The molecule has 2 aromatic rings. The molecule has 0 heterocycles. The van der Waals surface area contributed by atoms with Crippen LogP contribution in [0.2, 0.25) is 0 Å². The zero-order valence-corrected chi connectivity index (χ0v) is 18.2. The number of halogens is 1. The Morgan fingerprint density at radius 1 is 1.11 bits per heavy atom. The first-order valence-electron chi connectivity index (χ1n) is 8.75. The Morgan fingerprint density at radius 3 is 2.43 bits per heavy atom. The number of nitrogens with one attached hydrogen (secondary N) is 3. The van der Waals surface area contributed by atoms with Crippen molar-refractivity contribution in [1.29, 1.82) is 0 Å². The summed E-state index contributed by atoms with van der Waals surface area (Å²) in [5, 5.41) is 8.55. The third kappa shape index (κ3) is 6.31. The lowest BCUT2D eigenvalue weighted by atomic mass is 10.2. The number of carbonyl (C=O) groups excluding carboxylic acids is 2. The maximum Gasteiger partial charge on any atom is 0.261 e. The molecular formula is C20H22BrN3O3S. The molecule has 8 heteroatoms. The monoisotopic (exact) mass is 463 g/mol. The van der Waals surface area contributed by atoms with Crippen molar-refractivity contribution in [3.05, 3.63) is 52.5 Å². The van der Waals surface area contributed by atoms with Crippen LogP contribution in [0.5, 0.6) is 5.75 Å². The molecule has 0 spiro atoms. The van der Waals surface area contributed by atoms with E-state index in [1.54, 1.807) is 42.5 Å². The summed E-state index contributed by atoms with van der Waals surface area (Å²) in [7, 11) is 0. The molecule has 0 fully saturated rings. The van der Waals surface area contributed by atoms with E-state index in [1.165, 1.54) is 0 Å². The van der Waals surface area contributed by atoms with E-state index in [-0.39, 0.29) is 22.8 Å². The molecule has 6 nitrogen and oxygen atoms in total. The molecule has 0 bridgehead atoms. The first kappa shape index (κ1) is 21.8. The minimum atomic E-state index is -0.383. The Morgan fingerprint density at radius 2 is 1.79 bits per heavy atom. The van der Waals surface area contributed by atoms with Crippen LogP contribution in [0.4, 0.5) is 11.4 Å². The van der Waals surface area contributed by atoms with Gasteiger partial charge in [-0.1, -0.05) is 35.8 Å². The van der Waals surface area contributed by atoms with Crippen molar-refractivity contribution in [2.75, 3.05) is 17.2 Å². The van der Waals surface area contributed by atoms with Crippen molar-refractivity contribution in [2.45, 2.75) is 20.8 Å². The van der Waals surface area contributed by atoms with E-state index in [0.717, 1.165) is 4.47 Å². The number of ether oxygens (including phenoxy) is 1. The molecule has 2 aromatic carbocycles. The van der Waals surface area contributed by atoms with Crippen molar-refractivity contribution in [1.82, 2.24) is 5.32 Å². The van der Waals surface area contributed by atoms with Gasteiger partial charge in [0, 0.05) is 21.8 Å². The molecule has 0 atom stereocenters. The molecule has 148 valence electrons. The van der Waals surface area contributed by atoms with Gasteiger partial charge in [0.05, 0.1) is 12.2 Å². The predicted molar refractivity (Wildman–Crippen MR) is 119 cm³/mol. The Labute approximate surface area is 178 Å². The van der Waals surface area contributed by atoms with Crippen molar-refractivity contribution in [3.63, 3.8) is 0 Å². The second-order valence-corrected chi connectivity index (χ2v) is 7.53. The van der Waals surface area contributed by atoms with E-state index in [9.17, 15) is 9.59 Å². The molecule has 3 N–H and O–H groups in total. The van der Waals surface area contributed by atoms with Gasteiger partial charge in [0.1, 0.15) is 5.75 Å². The molecule has 0 aliphatic rings. The van der Waals surface area contributed by atoms with Crippen molar-refractivity contribution >= 4 is 56.4 Å². The SMILES string of the molecule is CCOc1ccc(Br)cc1C(=O)NC(=S)Nc1cccc(NC(=O)C(C)C)c1. The van der Waals surface area contributed by atoms with Gasteiger partial charge in [0.2, 0.25) is 5.91 Å². The summed E-state index contributed by atoms with van der Waals surface area (Å²) < 4.78 is 6.26. The quantitative estimate of drug-likeness (QED) is 0.546. The topological polar surface area (TPSA) is 79.5 Å². The number of carbonyl (C=O) groups is 2. The van der Waals surface area contributed by atoms with Gasteiger partial charge in [-0.3, -0.25) is 14.9 Å². The summed E-state index contributed by atoms with van der Waals surface area (Å²) in [6.45, 7) is 5.93. The fourth-order valence-electron chi connectivity index (χ4n) is 2.26. The van der Waals surface area contributed by atoms with Crippen LogP contribution in [0.25, 0.3) is 0 Å². The molecule has 0 aliphatic heterocycles. The van der Waals surface area contributed by atoms with Gasteiger partial charge in [-0.15, -0.1) is 0 Å². The molecule has 28 heavy (non-hydrogen) atoms. The molecule has 0 saturated heterocycles. The van der Waals surface area contributed by atoms with Crippen LogP contribution >= 0.6 is 28.1 Å². The van der Waals surface area contributed by atoms with Gasteiger partial charge < -0.3 is 15.4 Å². The van der Waals surface area contributed by atoms with E-state index < -0.39 is 0 Å². The van der Waals surface area contributed by atoms with Gasteiger partial charge >= 0.3 is 0 Å². The van der Waals surface area contributed by atoms with Crippen molar-refractivity contribution in [2.24, 2.45) is 5.92 Å². The zero-order chi connectivity index (χ0) is 20.7. The van der Waals surface area contributed by atoms with Gasteiger partial charge in [0.25, 0.3) is 5.91 Å². The van der Waals surface area contributed by atoms with E-state index >= 15 is 0 Å². The standard InChI is InChI=1S/C20H22BrN3O3S/c1-4-27-17-9-8-13(21)10-16(17)19(26)24-20(28)23-15-7-5-6-14(11-15)22-18(25)12(2)3/h5-12H,4H2,1-3H3,(H,22,25)(H2,23,24,26,28). The van der Waals surface area contributed by atoms with Crippen molar-refractivity contribution in [3.8, 4) is 5.75 Å². The highest BCUT2D eigenvalue weighted by atomic mass is 79.9. The average Bonchev–Trinajstić information content (AvgIpc) is 2.63. The third-order valence-corrected chi connectivity index (χ3v) is 4.32. The summed E-state index contributed by atoms with van der Waals surface area (Å²) in [4.78, 5) is 24.4. The van der Waals surface area contributed by atoms with Crippen LogP contribution in [-0.2, 0) is 4.79 Å². The van der Waals surface area contributed by atoms with E-state index in [1.807, 2.05) is 20.8 Å². The minimum Gasteiger partial charge on any atom is -0.493 e. The first-order valence-corrected chi connectivity index (χ1v) is 9.96. The first-order chi connectivity index (χ1) is 13.3. The summed E-state index contributed by atoms with van der Waals surface area (Å²) in [6, 6.07) is 12.3. The number of hydrogen-bond acceptors (Lipinski definition) is 4. The number of amides is 2. The zero-order valence-electron chi connectivity index (χ0n) is 15.8. The van der Waals surface area contributed by atoms with Crippen LogP contribution in [0.15, 0.2) is 46.9 Å². The predicted octanol–water partition coefficient (Wildman–Crippen LogP) is 4.57. The molecule has 0 unspecified atom stereocenters. The lowest BCUT2D eigenvalue weighted by Gasteiger charge is -2.14. The number of rotatable bonds is 6. The van der Waals surface area contributed by atoms with E-state index in [2.05, 4.69) is 31.9 Å². The van der Waals surface area contributed by atoms with Crippen LogP contribution in [-0.4, -0.2) is 23.5 Å². The number of anilines is 2. The Hall–Kier alpha value is -2.45. The average molecular weight is 464 g/mol. The molecular weight excluding hydrogens is 442 g/mol. The minimum absolute atomic E-state index is 0.0777. The van der Waals surface area contributed by atoms with Crippen LogP contribution < -0.4 is 20.7 Å². The smallest absolute Gasteiger partial charge is 0.261 e. The summed E-state index contributed by atoms with van der Waals surface area (Å²) in [5.41, 5.74) is 1.66. The third-order valence-electron chi connectivity index (χ3n) is 3.63. The summed E-state index contributed by atoms with van der Waals surface area (Å²) in [6.07, 6.45) is 0. The molecule has 0 saturated carbocycles. The second kappa shape index (κ2) is 10.2. The lowest BCUT2D eigenvalue weighted by molar-refractivity contribution is -0.118. The lowest BCUT2D eigenvalue weighted by Crippen LogP contribution is -2.34. The van der Waals surface area contributed by atoms with Gasteiger partial charge in [0.15, 0.2) is 5.11 Å². The number of thiocarbonyl (C=S) groups is 1. The van der Waals surface area contributed by atoms with Crippen LogP contribution in [0, 0.1) is 5.92 Å². The van der Waals surface area contributed by atoms with Gasteiger partial charge in [-0.05, 0) is 55.5 Å². The highest BCUT2D eigenvalue weighted by Crippen LogP contribution is 2.23. The maximum atomic E-state index is 12.6. The van der Waals surface area contributed by atoms with Gasteiger partial charge in [-0.25, -0.2) is 0 Å². The Balaban J connectivity index is 2.05. The summed E-state index contributed by atoms with van der Waals surface area (Å²) >= 11 is 8.60. The van der Waals surface area contributed by atoms with Crippen LogP contribution in [0.3, 0.4) is 0 Å². The highest BCUT2D eigenvalue weighted by molar-refractivity contribution is 9.10. The summed E-state index contributed by atoms with van der Waals surface area (Å²) in [5.74, 6) is -0.108. The molecule has 2 amide bonds. The highest BCUT2D eigenvalue weighted by Gasteiger charge is 2.15. The maximum absolute atomic E-state index is 12.6. The van der Waals surface area contributed by atoms with E-state index in [4.69, 9.17) is 17.0 Å². The van der Waals surface area contributed by atoms with Crippen LogP contribution in [0.1, 0.15) is 31.1 Å². The largest absolute Gasteiger partial charge is 0.493 e. The fraction of sp³-hybridized carbons (Fsp3) is 0.250. The fourth-order valence-corrected chi connectivity index (χ4v) is 2.83. The molecule has 0 aromatic heterocycles. The van der Waals surface area contributed by atoms with Crippen molar-refractivity contribution < 1.29 is 14.3 Å². The normalized spacial score (nSPS) is 10.3. The number of benzene rings is 2. The number of hydrogen-bond donors (Lipinski definition) is 3. The van der Waals surface area contributed by atoms with Gasteiger partial charge in [-0.2, -0.15) is 0 Å². The molecule has 0 radical (unpaired) electrons. The Kier molecular flexibility index (Phi) is 7.95. The van der Waals surface area contributed by atoms with E-state index in [0.29, 0.717) is 29.3 Å². The second-order valence-electron chi connectivity index (χ2n) is 6.21.